The first kappa shape index (κ1) is 38.7. The number of benzene rings is 3. The van der Waals surface area contributed by atoms with E-state index in [4.69, 9.17) is 4.74 Å². The molecular formula is C38H50N4O7. The van der Waals surface area contributed by atoms with Gasteiger partial charge in [0.05, 0.1) is 6.04 Å². The predicted molar refractivity (Wildman–Crippen MR) is 188 cm³/mol. The number of aliphatic hydroxyl groups is 2. The third kappa shape index (κ3) is 12.7. The van der Waals surface area contributed by atoms with Crippen molar-refractivity contribution >= 4 is 23.8 Å². The van der Waals surface area contributed by atoms with Gasteiger partial charge >= 0.3 is 6.09 Å². The molecule has 0 saturated carbocycles. The number of ether oxygens (including phenoxy) is 1. The van der Waals surface area contributed by atoms with Crippen LogP contribution in [0.5, 0.6) is 0 Å². The number of carbonyl (C=O) groups excluding carboxylic acids is 4. The summed E-state index contributed by atoms with van der Waals surface area (Å²) in [6, 6.07) is 24.7. The topological polar surface area (TPSA) is 166 Å². The second kappa shape index (κ2) is 19.9. The lowest BCUT2D eigenvalue weighted by Gasteiger charge is -2.30. The molecule has 5 atom stereocenters. The Kier molecular flexibility index (Phi) is 15.7. The van der Waals surface area contributed by atoms with Crippen LogP contribution in [0.4, 0.5) is 4.79 Å². The van der Waals surface area contributed by atoms with E-state index in [-0.39, 0.29) is 6.42 Å². The maximum absolute atomic E-state index is 13.6. The molecule has 3 aromatic rings. The zero-order valence-corrected chi connectivity index (χ0v) is 28.7. The molecule has 0 aliphatic heterocycles. The molecule has 0 aromatic heterocycles. The summed E-state index contributed by atoms with van der Waals surface area (Å²) >= 11 is 0. The normalized spacial score (nSPS) is 14.1. The van der Waals surface area contributed by atoms with Crippen molar-refractivity contribution in [1.82, 2.24) is 21.3 Å². The van der Waals surface area contributed by atoms with Crippen LogP contribution >= 0.6 is 0 Å². The molecule has 0 heterocycles. The molecule has 0 spiro atoms. The number of carbonyl (C=O) groups is 4. The van der Waals surface area contributed by atoms with E-state index in [9.17, 15) is 29.4 Å². The number of aliphatic hydroxyl groups excluding tert-OH is 2. The fourth-order valence-corrected chi connectivity index (χ4v) is 5.12. The number of alkyl carbamates (subject to hydrolysis) is 1. The summed E-state index contributed by atoms with van der Waals surface area (Å²) in [5.74, 6) is -2.54. The molecule has 3 rings (SSSR count). The van der Waals surface area contributed by atoms with Gasteiger partial charge in [0.1, 0.15) is 12.1 Å². The standard InChI is InChI=1S/C38H50N4O7/c1-5-6-22-39-35(45)26(4)41-36(46)33(44)32(43)31(24-28-17-19-30(20-18-28)29-15-11-8-12-16-29)42-37(47)34(25(2)3)49-38(48)40-23-21-27-13-9-7-10-14-27/h7-20,25-26,31-34,43-44H,5-6,21-24H2,1-4H3,(H,39,45)(H,40,48)(H,41,46)(H,42,47). The first-order valence-corrected chi connectivity index (χ1v) is 16.9. The molecule has 0 radical (unpaired) electrons. The van der Waals surface area contributed by atoms with Crippen LogP contribution in [0.15, 0.2) is 84.9 Å². The highest BCUT2D eigenvalue weighted by molar-refractivity contribution is 5.89. The van der Waals surface area contributed by atoms with Crippen LogP contribution in [0.3, 0.4) is 0 Å². The molecule has 0 aliphatic rings. The predicted octanol–water partition coefficient (Wildman–Crippen LogP) is 3.52. The average molecular weight is 675 g/mol. The molecule has 4 amide bonds. The third-order valence-electron chi connectivity index (χ3n) is 8.05. The van der Waals surface area contributed by atoms with Crippen molar-refractivity contribution in [2.45, 2.75) is 83.8 Å². The van der Waals surface area contributed by atoms with Crippen LogP contribution < -0.4 is 21.3 Å². The Morgan fingerprint density at radius 2 is 1.31 bits per heavy atom. The van der Waals surface area contributed by atoms with Crippen LogP contribution in [-0.4, -0.2) is 77.5 Å². The largest absolute Gasteiger partial charge is 0.436 e. The summed E-state index contributed by atoms with van der Waals surface area (Å²) in [6.45, 7) is 7.63. The van der Waals surface area contributed by atoms with Gasteiger partial charge in [-0.05, 0) is 54.4 Å². The van der Waals surface area contributed by atoms with E-state index in [1.165, 1.54) is 6.92 Å². The average Bonchev–Trinajstić information content (AvgIpc) is 3.10. The smallest absolute Gasteiger partial charge is 0.407 e. The van der Waals surface area contributed by atoms with Crippen molar-refractivity contribution in [3.63, 3.8) is 0 Å². The lowest BCUT2D eigenvalue weighted by molar-refractivity contribution is -0.142. The van der Waals surface area contributed by atoms with Crippen molar-refractivity contribution in [1.29, 1.82) is 0 Å². The zero-order chi connectivity index (χ0) is 35.8. The zero-order valence-electron chi connectivity index (χ0n) is 28.7. The van der Waals surface area contributed by atoms with E-state index in [2.05, 4.69) is 21.3 Å². The molecule has 0 aliphatic carbocycles. The highest BCUT2D eigenvalue weighted by Crippen LogP contribution is 2.21. The first-order chi connectivity index (χ1) is 23.5. The van der Waals surface area contributed by atoms with Gasteiger partial charge in [0, 0.05) is 13.1 Å². The Morgan fingerprint density at radius 1 is 0.694 bits per heavy atom. The van der Waals surface area contributed by atoms with E-state index >= 15 is 0 Å². The summed E-state index contributed by atoms with van der Waals surface area (Å²) in [5.41, 5.74) is 3.71. The van der Waals surface area contributed by atoms with Gasteiger partial charge in [0.2, 0.25) is 5.91 Å². The second-order valence-corrected chi connectivity index (χ2v) is 12.4. The van der Waals surface area contributed by atoms with Gasteiger partial charge in [-0.2, -0.15) is 0 Å². The maximum atomic E-state index is 13.6. The number of amides is 4. The molecule has 11 heteroatoms. The van der Waals surface area contributed by atoms with Crippen LogP contribution in [0.25, 0.3) is 11.1 Å². The monoisotopic (exact) mass is 674 g/mol. The molecule has 49 heavy (non-hydrogen) atoms. The van der Waals surface area contributed by atoms with Crippen molar-refractivity contribution in [2.75, 3.05) is 13.1 Å². The summed E-state index contributed by atoms with van der Waals surface area (Å²) in [5, 5.41) is 32.7. The minimum absolute atomic E-state index is 0.0352. The molecular weight excluding hydrogens is 624 g/mol. The van der Waals surface area contributed by atoms with E-state index < -0.39 is 60.1 Å². The Morgan fingerprint density at radius 3 is 1.92 bits per heavy atom. The van der Waals surface area contributed by atoms with Gasteiger partial charge in [-0.25, -0.2) is 4.79 Å². The molecule has 11 nitrogen and oxygen atoms in total. The fourth-order valence-electron chi connectivity index (χ4n) is 5.12. The highest BCUT2D eigenvalue weighted by Gasteiger charge is 2.36. The Bertz CT molecular complexity index is 1470. The summed E-state index contributed by atoms with van der Waals surface area (Å²) < 4.78 is 5.50. The molecule has 0 bridgehead atoms. The lowest BCUT2D eigenvalue weighted by Crippen LogP contribution is -2.58. The SMILES string of the molecule is CCCCNC(=O)C(C)NC(=O)C(O)C(O)C(Cc1ccc(-c2ccccc2)cc1)NC(=O)C(OC(=O)NCCc1ccccc1)C(C)C. The minimum atomic E-state index is -1.99. The summed E-state index contributed by atoms with van der Waals surface area (Å²) in [6.07, 6.45) is -3.50. The quantitative estimate of drug-likeness (QED) is 0.112. The number of nitrogens with one attached hydrogen (secondary N) is 4. The molecule has 5 unspecified atom stereocenters. The van der Waals surface area contributed by atoms with Crippen molar-refractivity contribution in [3.05, 3.63) is 96.1 Å². The minimum Gasteiger partial charge on any atom is -0.436 e. The van der Waals surface area contributed by atoms with Gasteiger partial charge in [-0.3, -0.25) is 14.4 Å². The molecule has 0 fully saturated rings. The Labute approximate surface area is 288 Å². The van der Waals surface area contributed by atoms with Gasteiger partial charge in [-0.15, -0.1) is 0 Å². The third-order valence-corrected chi connectivity index (χ3v) is 8.05. The number of hydrogen-bond acceptors (Lipinski definition) is 7. The molecule has 264 valence electrons. The molecule has 6 N–H and O–H groups in total. The van der Waals surface area contributed by atoms with Gasteiger partial charge in [-0.1, -0.05) is 112 Å². The Hall–Kier alpha value is -4.74. The summed E-state index contributed by atoms with van der Waals surface area (Å²) in [4.78, 5) is 51.6. The summed E-state index contributed by atoms with van der Waals surface area (Å²) in [7, 11) is 0. The van der Waals surface area contributed by atoms with E-state index in [0.29, 0.717) is 25.1 Å². The number of hydrogen-bond donors (Lipinski definition) is 6. The van der Waals surface area contributed by atoms with Crippen LogP contribution in [0.1, 0.15) is 51.7 Å². The number of unbranched alkanes of at least 4 members (excludes halogenated alkanes) is 1. The van der Waals surface area contributed by atoms with Crippen LogP contribution in [-0.2, 0) is 32.0 Å². The molecule has 0 saturated heterocycles. The van der Waals surface area contributed by atoms with Gasteiger partial charge in [0.25, 0.3) is 11.8 Å². The first-order valence-electron chi connectivity index (χ1n) is 16.9. The Balaban J connectivity index is 1.73. The van der Waals surface area contributed by atoms with Gasteiger partial charge < -0.3 is 36.2 Å². The van der Waals surface area contributed by atoms with Crippen molar-refractivity contribution in [2.24, 2.45) is 5.92 Å². The van der Waals surface area contributed by atoms with E-state index in [1.54, 1.807) is 13.8 Å². The fraction of sp³-hybridized carbons (Fsp3) is 0.421. The highest BCUT2D eigenvalue weighted by atomic mass is 16.6. The molecule has 3 aromatic carbocycles. The van der Waals surface area contributed by atoms with Crippen molar-refractivity contribution < 1.29 is 34.1 Å². The van der Waals surface area contributed by atoms with Crippen LogP contribution in [0.2, 0.25) is 0 Å². The van der Waals surface area contributed by atoms with Crippen molar-refractivity contribution in [3.8, 4) is 11.1 Å². The van der Waals surface area contributed by atoms with Gasteiger partial charge in [0.15, 0.2) is 12.2 Å². The lowest BCUT2D eigenvalue weighted by atomic mass is 9.95. The second-order valence-electron chi connectivity index (χ2n) is 12.4. The maximum Gasteiger partial charge on any atom is 0.407 e. The van der Waals surface area contributed by atoms with E-state index in [0.717, 1.165) is 29.5 Å². The van der Waals surface area contributed by atoms with E-state index in [1.807, 2.05) is 91.9 Å². The number of rotatable bonds is 18. The van der Waals surface area contributed by atoms with Crippen LogP contribution in [0, 0.1) is 5.92 Å².